The van der Waals surface area contributed by atoms with Gasteiger partial charge < -0.3 is 35.1 Å². The van der Waals surface area contributed by atoms with E-state index < -0.39 is 88.7 Å². The average molecular weight is 853 g/mol. The SMILES string of the molecule is CC1(C)O[C@@H]2C[C@H]3[C@@H]4CCC5=CC(=O)C=C[C@]5(C)[C@@]4(F)[C@@H](O)C[C@]3(C)[C@]2(C(=O)COC(=O)CNCC(=O)OCc2ccc([C@@H](CN)C(=O)Nc3ccc4cnccc4c3)cc2)O1. The van der Waals surface area contributed by atoms with Crippen LogP contribution in [-0.4, -0.2) is 95.0 Å². The van der Waals surface area contributed by atoms with Crippen molar-refractivity contribution >= 4 is 45.9 Å². The molecule has 8 rings (SSSR count). The first-order valence-electron chi connectivity index (χ1n) is 21.1. The lowest BCUT2D eigenvalue weighted by molar-refractivity contribution is -0.246. The molecular formula is C47H53FN4O10. The van der Waals surface area contributed by atoms with Gasteiger partial charge in [0.05, 0.1) is 31.2 Å². The lowest BCUT2D eigenvalue weighted by Gasteiger charge is -2.62. The molecule has 1 aliphatic heterocycles. The number of carbonyl (C=O) groups excluding carboxylic acids is 5. The number of hydrogen-bond acceptors (Lipinski definition) is 13. The van der Waals surface area contributed by atoms with Crippen molar-refractivity contribution in [2.75, 3.05) is 31.6 Å². The summed E-state index contributed by atoms with van der Waals surface area (Å²) in [5, 5.41) is 19.3. The molecule has 1 amide bonds. The number of halogens is 1. The average Bonchev–Trinajstić information content (AvgIpc) is 3.65. The number of carbonyl (C=O) groups is 5. The Hall–Kier alpha value is -5.19. The predicted molar refractivity (Wildman–Crippen MR) is 224 cm³/mol. The van der Waals surface area contributed by atoms with Crippen molar-refractivity contribution in [1.29, 1.82) is 0 Å². The fraction of sp³-hybridized carbons (Fsp3) is 0.489. The van der Waals surface area contributed by atoms with Gasteiger partial charge in [-0.05, 0) is 99.2 Å². The van der Waals surface area contributed by atoms with E-state index in [-0.39, 0.29) is 37.8 Å². The second-order valence-electron chi connectivity index (χ2n) is 18.1. The Balaban J connectivity index is 0.827. The Labute approximate surface area is 358 Å². The number of anilines is 1. The molecule has 9 atom stereocenters. The molecule has 62 heavy (non-hydrogen) atoms. The number of esters is 2. The summed E-state index contributed by atoms with van der Waals surface area (Å²) >= 11 is 0. The molecule has 0 bridgehead atoms. The molecule has 14 nitrogen and oxygen atoms in total. The number of alkyl halides is 1. The number of pyridine rings is 1. The summed E-state index contributed by atoms with van der Waals surface area (Å²) in [5.41, 5.74) is 2.63. The van der Waals surface area contributed by atoms with Crippen LogP contribution in [0.5, 0.6) is 0 Å². The van der Waals surface area contributed by atoms with Crippen LogP contribution in [0.15, 0.2) is 84.7 Å². The molecule has 4 aliphatic carbocycles. The van der Waals surface area contributed by atoms with Crippen LogP contribution in [0.3, 0.4) is 0 Å². The van der Waals surface area contributed by atoms with Crippen molar-refractivity contribution in [3.05, 3.63) is 95.9 Å². The highest BCUT2D eigenvalue weighted by atomic mass is 19.1. The van der Waals surface area contributed by atoms with Gasteiger partial charge in [-0.25, -0.2) is 4.39 Å². The molecule has 5 aliphatic rings. The summed E-state index contributed by atoms with van der Waals surface area (Å²) in [7, 11) is 0. The van der Waals surface area contributed by atoms with Crippen LogP contribution < -0.4 is 16.4 Å². The highest BCUT2D eigenvalue weighted by Crippen LogP contribution is 2.72. The van der Waals surface area contributed by atoms with Gasteiger partial charge >= 0.3 is 11.9 Å². The van der Waals surface area contributed by atoms with Crippen LogP contribution in [0, 0.1) is 22.7 Å². The minimum Gasteiger partial charge on any atom is -0.460 e. The standard InChI is InChI=1S/C47H53FN4O10/c1-43(2)61-39-19-36-35-12-10-31-18-33(53)13-15-44(31,3)46(35,48)37(54)20-45(36,4)47(39,62-43)38(55)26-60-41(57)24-51-23-40(56)59-25-27-5-7-28(8-6-27)34(21-49)42(58)52-32-11-9-30-22-50-16-14-29(30)17-32/h5-9,11,13-18,22,34-37,39,51,54H,10,12,19-21,23-26,49H2,1-4H3,(H,52,58)/t34-,35+,36+,37+,39-,44+,45+,46+,47-/m1/s1. The maximum absolute atomic E-state index is 17.7. The molecule has 0 spiro atoms. The Bertz CT molecular complexity index is 2370. The fourth-order valence-corrected chi connectivity index (χ4v) is 11.2. The number of ketones is 2. The molecular weight excluding hydrogens is 800 g/mol. The van der Waals surface area contributed by atoms with E-state index in [0.717, 1.165) is 10.8 Å². The first kappa shape index (κ1) is 43.5. The van der Waals surface area contributed by atoms with E-state index in [9.17, 15) is 29.1 Å². The number of hydrogen-bond donors (Lipinski definition) is 4. The van der Waals surface area contributed by atoms with Gasteiger partial charge in [0, 0.05) is 46.8 Å². The molecule has 2 aromatic carbocycles. The monoisotopic (exact) mass is 852 g/mol. The summed E-state index contributed by atoms with van der Waals surface area (Å²) in [5.74, 6) is -5.35. The number of rotatable bonds is 13. The molecule has 3 saturated carbocycles. The van der Waals surface area contributed by atoms with E-state index in [1.807, 2.05) is 25.1 Å². The third-order valence-corrected chi connectivity index (χ3v) is 14.2. The van der Waals surface area contributed by atoms with Gasteiger partial charge in [0.1, 0.15) is 6.61 Å². The van der Waals surface area contributed by atoms with Crippen LogP contribution in [-0.2, 0) is 49.5 Å². The van der Waals surface area contributed by atoms with Gasteiger partial charge in [-0.2, -0.15) is 0 Å². The summed E-state index contributed by atoms with van der Waals surface area (Å²) in [6.07, 6.45) is 6.59. The lowest BCUT2D eigenvalue weighted by atomic mass is 9.44. The molecule has 15 heteroatoms. The highest BCUT2D eigenvalue weighted by Gasteiger charge is 2.80. The number of Topliss-reactive ketones (excluding diaryl/α,β-unsaturated/α-hetero) is 1. The zero-order chi connectivity index (χ0) is 44.2. The van der Waals surface area contributed by atoms with E-state index in [2.05, 4.69) is 15.6 Å². The molecule has 0 unspecified atom stereocenters. The minimum atomic E-state index is -2.10. The number of amides is 1. The molecule has 328 valence electrons. The largest absolute Gasteiger partial charge is 0.460 e. The molecule has 1 saturated heterocycles. The predicted octanol–water partition coefficient (Wildman–Crippen LogP) is 4.53. The number of ether oxygens (including phenoxy) is 4. The van der Waals surface area contributed by atoms with Gasteiger partial charge in [0.2, 0.25) is 11.7 Å². The highest BCUT2D eigenvalue weighted by molar-refractivity contribution is 6.01. The van der Waals surface area contributed by atoms with Gasteiger partial charge in [-0.15, -0.1) is 0 Å². The third-order valence-electron chi connectivity index (χ3n) is 14.2. The van der Waals surface area contributed by atoms with Crippen molar-refractivity contribution in [3.63, 3.8) is 0 Å². The second-order valence-corrected chi connectivity index (χ2v) is 18.1. The minimum absolute atomic E-state index is 0.0564. The number of benzene rings is 2. The molecule has 3 aromatic rings. The summed E-state index contributed by atoms with van der Waals surface area (Å²) in [4.78, 5) is 69.3. The molecule has 2 heterocycles. The normalized spacial score (nSPS) is 32.1. The number of aliphatic hydroxyl groups is 1. The number of nitrogens with zero attached hydrogens (tertiary/aromatic N) is 1. The number of allylic oxidation sites excluding steroid dienone is 4. The molecule has 5 N–H and O–H groups in total. The number of nitrogens with two attached hydrogens (primary N) is 1. The van der Waals surface area contributed by atoms with Crippen LogP contribution in [0.2, 0.25) is 0 Å². The summed E-state index contributed by atoms with van der Waals surface area (Å²) in [6, 6.07) is 14.4. The lowest BCUT2D eigenvalue weighted by Crippen LogP contribution is -2.70. The summed E-state index contributed by atoms with van der Waals surface area (Å²) < 4.78 is 41.3. The Kier molecular flexibility index (Phi) is 11.3. The zero-order valence-electron chi connectivity index (χ0n) is 35.3. The third kappa shape index (κ3) is 7.26. The van der Waals surface area contributed by atoms with Crippen LogP contribution >= 0.6 is 0 Å². The van der Waals surface area contributed by atoms with Crippen molar-refractivity contribution in [2.45, 2.75) is 95.2 Å². The van der Waals surface area contributed by atoms with Crippen LogP contribution in [0.4, 0.5) is 10.1 Å². The Morgan fingerprint density at radius 3 is 2.48 bits per heavy atom. The molecule has 4 fully saturated rings. The van der Waals surface area contributed by atoms with E-state index in [1.54, 1.807) is 69.6 Å². The smallest absolute Gasteiger partial charge is 0.320 e. The first-order chi connectivity index (χ1) is 29.4. The molecule has 0 radical (unpaired) electrons. The van der Waals surface area contributed by atoms with Gasteiger partial charge in [-0.3, -0.25) is 34.3 Å². The van der Waals surface area contributed by atoms with E-state index in [4.69, 9.17) is 24.7 Å². The zero-order valence-corrected chi connectivity index (χ0v) is 35.3. The maximum atomic E-state index is 17.7. The fourth-order valence-electron chi connectivity index (χ4n) is 11.2. The van der Waals surface area contributed by atoms with Gasteiger partial charge in [0.15, 0.2) is 29.4 Å². The quantitative estimate of drug-likeness (QED) is 0.175. The van der Waals surface area contributed by atoms with Crippen molar-refractivity contribution in [1.82, 2.24) is 10.3 Å². The van der Waals surface area contributed by atoms with Gasteiger partial charge in [0.25, 0.3) is 0 Å². The van der Waals surface area contributed by atoms with Crippen LogP contribution in [0.1, 0.15) is 70.4 Å². The van der Waals surface area contributed by atoms with Crippen molar-refractivity contribution < 1.29 is 52.4 Å². The summed E-state index contributed by atoms with van der Waals surface area (Å²) in [6.45, 7) is 5.59. The molecule has 1 aromatic heterocycles. The van der Waals surface area contributed by atoms with Crippen molar-refractivity contribution in [3.8, 4) is 0 Å². The number of fused-ring (bicyclic) bond motifs is 8. The number of aromatic nitrogens is 1. The Morgan fingerprint density at radius 2 is 1.74 bits per heavy atom. The van der Waals surface area contributed by atoms with E-state index in [0.29, 0.717) is 41.6 Å². The first-order valence-corrected chi connectivity index (χ1v) is 21.1. The number of aliphatic hydroxyl groups excluding tert-OH is 1. The van der Waals surface area contributed by atoms with E-state index >= 15 is 4.39 Å². The number of nitrogens with one attached hydrogen (secondary N) is 2. The van der Waals surface area contributed by atoms with E-state index in [1.165, 1.54) is 12.2 Å². The van der Waals surface area contributed by atoms with Gasteiger partial charge in [-0.1, -0.05) is 48.9 Å². The maximum Gasteiger partial charge on any atom is 0.320 e. The second kappa shape index (κ2) is 16.2. The van der Waals surface area contributed by atoms with Crippen molar-refractivity contribution in [2.24, 2.45) is 28.4 Å². The topological polar surface area (TPSA) is 205 Å². The Morgan fingerprint density at radius 1 is 1.00 bits per heavy atom. The van der Waals surface area contributed by atoms with Crippen LogP contribution in [0.25, 0.3) is 10.8 Å².